The lowest BCUT2D eigenvalue weighted by Crippen LogP contribution is -2.60. The first kappa shape index (κ1) is 31.8. The first-order valence-electron chi connectivity index (χ1n) is 14.8. The van der Waals surface area contributed by atoms with E-state index in [-0.39, 0.29) is 11.9 Å². The standard InChI is InChI=1S/C30H37Cl2N9O3/c1-6-37(7-2)23-17-39(18-23)28-35-25-24(15-34-41(27(25)42)22-13-19(31)12-20(32)14-22)26(36-28)38-10-11-40(21(16-38)8-9-33)29(43)44-30(3,4)5/h12-15,21,23H,6-8,10-11,16-18H2,1-5H3. The van der Waals surface area contributed by atoms with E-state index in [0.717, 1.165) is 26.2 Å². The maximum Gasteiger partial charge on any atom is 0.410 e. The molecule has 0 aliphatic carbocycles. The van der Waals surface area contributed by atoms with Crippen molar-refractivity contribution in [2.45, 2.75) is 58.7 Å². The highest BCUT2D eigenvalue weighted by atomic mass is 35.5. The number of aromatic nitrogens is 4. The summed E-state index contributed by atoms with van der Waals surface area (Å²) in [7, 11) is 0. The molecule has 1 unspecified atom stereocenters. The maximum atomic E-state index is 13.9. The molecule has 2 fully saturated rings. The Kier molecular flexibility index (Phi) is 9.20. The number of amides is 1. The van der Waals surface area contributed by atoms with Gasteiger partial charge in [0.15, 0.2) is 0 Å². The highest BCUT2D eigenvalue weighted by Crippen LogP contribution is 2.31. The number of ether oxygens (including phenoxy) is 1. The highest BCUT2D eigenvalue weighted by Gasteiger charge is 2.36. The molecule has 0 saturated carbocycles. The third-order valence-electron chi connectivity index (χ3n) is 7.91. The van der Waals surface area contributed by atoms with E-state index >= 15 is 0 Å². The van der Waals surface area contributed by atoms with Crippen LogP contribution >= 0.6 is 23.2 Å². The lowest BCUT2D eigenvalue weighted by molar-refractivity contribution is 0.0145. The number of benzene rings is 1. The van der Waals surface area contributed by atoms with Gasteiger partial charge in [-0.3, -0.25) is 9.69 Å². The highest BCUT2D eigenvalue weighted by molar-refractivity contribution is 6.34. The number of halogens is 2. The smallest absolute Gasteiger partial charge is 0.410 e. The van der Waals surface area contributed by atoms with Crippen molar-refractivity contribution in [1.29, 1.82) is 5.26 Å². The van der Waals surface area contributed by atoms with Gasteiger partial charge in [-0.1, -0.05) is 37.0 Å². The Labute approximate surface area is 266 Å². The quantitative estimate of drug-likeness (QED) is 0.368. The van der Waals surface area contributed by atoms with Crippen molar-refractivity contribution in [2.75, 3.05) is 55.6 Å². The second kappa shape index (κ2) is 12.8. The van der Waals surface area contributed by atoms with Crippen molar-refractivity contribution < 1.29 is 9.53 Å². The fourth-order valence-corrected chi connectivity index (χ4v) is 6.22. The molecule has 1 amide bonds. The largest absolute Gasteiger partial charge is 0.444 e. The van der Waals surface area contributed by atoms with Gasteiger partial charge in [0.2, 0.25) is 5.95 Å². The third kappa shape index (κ3) is 6.55. The van der Waals surface area contributed by atoms with Gasteiger partial charge in [0, 0.05) is 48.8 Å². The first-order valence-corrected chi connectivity index (χ1v) is 15.5. The van der Waals surface area contributed by atoms with E-state index in [2.05, 4.69) is 34.8 Å². The number of rotatable bonds is 7. The molecule has 4 heterocycles. The van der Waals surface area contributed by atoms with Crippen molar-refractivity contribution in [1.82, 2.24) is 29.5 Å². The molecule has 0 radical (unpaired) electrons. The second-order valence-corrected chi connectivity index (χ2v) is 12.9. The van der Waals surface area contributed by atoms with Crippen molar-refractivity contribution in [3.8, 4) is 11.8 Å². The van der Waals surface area contributed by atoms with Gasteiger partial charge in [0.1, 0.15) is 16.9 Å². The summed E-state index contributed by atoms with van der Waals surface area (Å²) in [5.41, 5.74) is -0.481. The van der Waals surface area contributed by atoms with Gasteiger partial charge in [0.05, 0.1) is 35.8 Å². The molecule has 234 valence electrons. The van der Waals surface area contributed by atoms with Gasteiger partial charge in [-0.15, -0.1) is 0 Å². The van der Waals surface area contributed by atoms with E-state index < -0.39 is 23.3 Å². The van der Waals surface area contributed by atoms with Crippen LogP contribution in [-0.2, 0) is 4.74 Å². The number of nitrogens with zero attached hydrogens (tertiary/aromatic N) is 9. The number of likely N-dealkylation sites (N-methyl/N-ethyl adjacent to an activating group) is 1. The minimum Gasteiger partial charge on any atom is -0.444 e. The molecule has 3 aromatic rings. The molecular formula is C30H37Cl2N9O3. The van der Waals surface area contributed by atoms with E-state index in [1.807, 2.05) is 25.7 Å². The van der Waals surface area contributed by atoms with Crippen molar-refractivity contribution in [3.63, 3.8) is 0 Å². The SMILES string of the molecule is CCN(CC)C1CN(c2nc(N3CCN(C(=O)OC(C)(C)C)C(CC#N)C3)c3cnn(-c4cc(Cl)cc(Cl)c4)c(=O)c3n2)C1. The summed E-state index contributed by atoms with van der Waals surface area (Å²) >= 11 is 12.5. The lowest BCUT2D eigenvalue weighted by atomic mass is 10.1. The average molecular weight is 643 g/mol. The van der Waals surface area contributed by atoms with E-state index in [1.165, 1.54) is 4.68 Å². The molecular weight excluding hydrogens is 605 g/mol. The number of carbonyl (C=O) groups is 1. The third-order valence-corrected chi connectivity index (χ3v) is 8.35. The Hall–Kier alpha value is -3.66. The van der Waals surface area contributed by atoms with Crippen LogP contribution in [0.25, 0.3) is 16.6 Å². The van der Waals surface area contributed by atoms with Crippen molar-refractivity contribution in [3.05, 3.63) is 44.8 Å². The number of nitriles is 1. The van der Waals surface area contributed by atoms with E-state index in [1.54, 1.807) is 29.3 Å². The van der Waals surface area contributed by atoms with Gasteiger partial charge < -0.3 is 19.4 Å². The fraction of sp³-hybridized carbons (Fsp3) is 0.533. The minimum absolute atomic E-state index is 0.115. The summed E-state index contributed by atoms with van der Waals surface area (Å²) in [6, 6.07) is 6.95. The first-order chi connectivity index (χ1) is 20.9. The van der Waals surface area contributed by atoms with Crippen LogP contribution in [0.1, 0.15) is 41.0 Å². The summed E-state index contributed by atoms with van der Waals surface area (Å²) in [4.78, 5) is 44.7. The summed E-state index contributed by atoms with van der Waals surface area (Å²) in [5.74, 6) is 0.977. The van der Waals surface area contributed by atoms with Crippen molar-refractivity contribution >= 4 is 52.0 Å². The molecule has 0 N–H and O–H groups in total. The normalized spacial score (nSPS) is 17.6. The minimum atomic E-state index is -0.665. The molecule has 2 aliphatic heterocycles. The molecule has 2 saturated heterocycles. The predicted octanol–water partition coefficient (Wildman–Crippen LogP) is 4.35. The zero-order valence-electron chi connectivity index (χ0n) is 25.6. The summed E-state index contributed by atoms with van der Waals surface area (Å²) in [5, 5.41) is 15.3. The molecule has 44 heavy (non-hydrogen) atoms. The average Bonchev–Trinajstić information content (AvgIpc) is 2.93. The van der Waals surface area contributed by atoms with Gasteiger partial charge >= 0.3 is 6.09 Å². The van der Waals surface area contributed by atoms with Crippen LogP contribution in [-0.4, -0.2) is 99.1 Å². The van der Waals surface area contributed by atoms with Crippen LogP contribution < -0.4 is 15.4 Å². The van der Waals surface area contributed by atoms with Crippen molar-refractivity contribution in [2.24, 2.45) is 0 Å². The Balaban J connectivity index is 1.56. The molecule has 2 aliphatic rings. The molecule has 14 heteroatoms. The monoisotopic (exact) mass is 641 g/mol. The van der Waals surface area contributed by atoms with Crippen LogP contribution in [0.15, 0.2) is 29.2 Å². The predicted molar refractivity (Wildman–Crippen MR) is 171 cm³/mol. The zero-order valence-corrected chi connectivity index (χ0v) is 27.1. The molecule has 12 nitrogen and oxygen atoms in total. The molecule has 2 aromatic heterocycles. The Morgan fingerprint density at radius 3 is 2.36 bits per heavy atom. The van der Waals surface area contributed by atoms with Gasteiger partial charge in [-0.2, -0.15) is 20.0 Å². The number of anilines is 2. The van der Waals surface area contributed by atoms with Gasteiger partial charge in [-0.25, -0.2) is 9.78 Å². The summed E-state index contributed by atoms with van der Waals surface area (Å²) in [6.45, 7) is 14.1. The van der Waals surface area contributed by atoms with Gasteiger partial charge in [-0.05, 0) is 52.1 Å². The van der Waals surface area contributed by atoms with Crippen LogP contribution in [0, 0.1) is 11.3 Å². The second-order valence-electron chi connectivity index (χ2n) is 12.0. The van der Waals surface area contributed by atoms with E-state index in [0.29, 0.717) is 58.6 Å². The zero-order chi connectivity index (χ0) is 31.8. The molecule has 1 aromatic carbocycles. The number of piperazine rings is 1. The Morgan fingerprint density at radius 1 is 1.07 bits per heavy atom. The Bertz CT molecular complexity index is 1620. The fourth-order valence-electron chi connectivity index (χ4n) is 5.70. The Morgan fingerprint density at radius 2 is 1.75 bits per heavy atom. The topological polar surface area (TPSA) is 124 Å². The van der Waals surface area contributed by atoms with Gasteiger partial charge in [0.25, 0.3) is 5.56 Å². The van der Waals surface area contributed by atoms with Crippen LogP contribution in [0.5, 0.6) is 0 Å². The number of carbonyl (C=O) groups excluding carboxylic acids is 1. The number of hydrogen-bond donors (Lipinski definition) is 0. The maximum absolute atomic E-state index is 13.9. The summed E-state index contributed by atoms with van der Waals surface area (Å²) in [6.07, 6.45) is 1.22. The molecule has 5 rings (SSSR count). The molecule has 1 atom stereocenters. The van der Waals surface area contributed by atoms with Crippen LogP contribution in [0.4, 0.5) is 16.6 Å². The molecule has 0 bridgehead atoms. The van der Waals surface area contributed by atoms with Crippen LogP contribution in [0.2, 0.25) is 10.0 Å². The molecule has 0 spiro atoms. The number of hydrogen-bond acceptors (Lipinski definition) is 10. The number of fused-ring (bicyclic) bond motifs is 1. The van der Waals surface area contributed by atoms with E-state index in [4.69, 9.17) is 37.9 Å². The summed E-state index contributed by atoms with van der Waals surface area (Å²) < 4.78 is 6.85. The lowest BCUT2D eigenvalue weighted by Gasteiger charge is -2.45. The van der Waals surface area contributed by atoms with Crippen LogP contribution in [0.3, 0.4) is 0 Å². The van der Waals surface area contributed by atoms with E-state index in [9.17, 15) is 14.9 Å².